The van der Waals surface area contributed by atoms with E-state index in [1.807, 2.05) is 0 Å². The Hall–Kier alpha value is -0.570. The highest BCUT2D eigenvalue weighted by Gasteiger charge is 2.27. The van der Waals surface area contributed by atoms with Gasteiger partial charge < -0.3 is 10.2 Å². The SMILES string of the molecule is CC(C)CN(CC1CCCN1)C(=O)C1CCCCCCC1. The van der Waals surface area contributed by atoms with Gasteiger partial charge in [0.15, 0.2) is 0 Å². The van der Waals surface area contributed by atoms with Crippen molar-refractivity contribution in [3.8, 4) is 0 Å². The highest BCUT2D eigenvalue weighted by atomic mass is 16.2. The lowest BCUT2D eigenvalue weighted by Gasteiger charge is -2.31. The second kappa shape index (κ2) is 8.77. The fraction of sp³-hybridized carbons (Fsp3) is 0.944. The van der Waals surface area contributed by atoms with Gasteiger partial charge in [0.25, 0.3) is 0 Å². The Balaban J connectivity index is 1.93. The first-order chi connectivity index (χ1) is 10.2. The maximum atomic E-state index is 13.0. The quantitative estimate of drug-likeness (QED) is 0.840. The highest BCUT2D eigenvalue weighted by Crippen LogP contribution is 2.25. The number of hydrogen-bond donors (Lipinski definition) is 1. The van der Waals surface area contributed by atoms with E-state index in [1.54, 1.807) is 0 Å². The molecular formula is C18H34N2O. The van der Waals surface area contributed by atoms with Crippen molar-refractivity contribution in [2.24, 2.45) is 11.8 Å². The lowest BCUT2D eigenvalue weighted by molar-refractivity contribution is -0.137. The number of nitrogens with one attached hydrogen (secondary N) is 1. The van der Waals surface area contributed by atoms with Gasteiger partial charge in [0, 0.05) is 25.0 Å². The van der Waals surface area contributed by atoms with Crippen LogP contribution in [-0.2, 0) is 4.79 Å². The number of nitrogens with zero attached hydrogens (tertiary/aromatic N) is 1. The van der Waals surface area contributed by atoms with Crippen LogP contribution in [0, 0.1) is 11.8 Å². The normalized spacial score (nSPS) is 24.8. The zero-order valence-corrected chi connectivity index (χ0v) is 14.1. The van der Waals surface area contributed by atoms with Crippen LogP contribution in [0.2, 0.25) is 0 Å². The van der Waals surface area contributed by atoms with Gasteiger partial charge in [0.1, 0.15) is 0 Å². The van der Waals surface area contributed by atoms with Crippen LogP contribution in [-0.4, -0.2) is 36.5 Å². The zero-order chi connectivity index (χ0) is 15.1. The van der Waals surface area contributed by atoms with Crippen molar-refractivity contribution < 1.29 is 4.79 Å². The van der Waals surface area contributed by atoms with Gasteiger partial charge >= 0.3 is 0 Å². The summed E-state index contributed by atoms with van der Waals surface area (Å²) in [5, 5.41) is 3.55. The van der Waals surface area contributed by atoms with Crippen LogP contribution in [0.3, 0.4) is 0 Å². The summed E-state index contributed by atoms with van der Waals surface area (Å²) in [5.41, 5.74) is 0. The molecule has 3 heteroatoms. The molecule has 0 radical (unpaired) electrons. The van der Waals surface area contributed by atoms with Crippen LogP contribution < -0.4 is 5.32 Å². The molecule has 0 aromatic heterocycles. The van der Waals surface area contributed by atoms with E-state index in [4.69, 9.17) is 0 Å². The molecule has 2 aliphatic rings. The lowest BCUT2D eigenvalue weighted by atomic mass is 9.90. The summed E-state index contributed by atoms with van der Waals surface area (Å²) in [6.07, 6.45) is 11.2. The predicted octanol–water partition coefficient (Wildman–Crippen LogP) is 3.58. The minimum atomic E-state index is 0.297. The maximum Gasteiger partial charge on any atom is 0.225 e. The van der Waals surface area contributed by atoms with Crippen LogP contribution in [0.25, 0.3) is 0 Å². The van der Waals surface area contributed by atoms with Gasteiger partial charge in [-0.2, -0.15) is 0 Å². The molecule has 1 aliphatic carbocycles. The summed E-state index contributed by atoms with van der Waals surface area (Å²) >= 11 is 0. The van der Waals surface area contributed by atoms with Crippen molar-refractivity contribution >= 4 is 5.91 Å². The molecule has 0 aromatic carbocycles. The van der Waals surface area contributed by atoms with Crippen LogP contribution in [0.5, 0.6) is 0 Å². The summed E-state index contributed by atoms with van der Waals surface area (Å²) in [6, 6.07) is 0.529. The standard InChI is InChI=1S/C18H34N2O/c1-15(2)13-20(14-17-11-8-12-19-17)18(21)16-9-6-4-3-5-7-10-16/h15-17,19H,3-14H2,1-2H3. The molecule has 1 amide bonds. The van der Waals surface area contributed by atoms with Crippen LogP contribution >= 0.6 is 0 Å². The fourth-order valence-corrected chi connectivity index (χ4v) is 3.84. The maximum absolute atomic E-state index is 13.0. The monoisotopic (exact) mass is 294 g/mol. The molecule has 122 valence electrons. The highest BCUT2D eigenvalue weighted by molar-refractivity contribution is 5.78. The number of hydrogen-bond acceptors (Lipinski definition) is 2. The van der Waals surface area contributed by atoms with E-state index in [1.165, 1.54) is 44.9 Å². The van der Waals surface area contributed by atoms with Gasteiger partial charge in [-0.05, 0) is 38.1 Å². The van der Waals surface area contributed by atoms with Crippen molar-refractivity contribution in [3.05, 3.63) is 0 Å². The third-order valence-corrected chi connectivity index (χ3v) is 4.95. The summed E-state index contributed by atoms with van der Waals surface area (Å²) in [6.45, 7) is 7.42. The fourth-order valence-electron chi connectivity index (χ4n) is 3.84. The molecule has 3 nitrogen and oxygen atoms in total. The summed E-state index contributed by atoms with van der Waals surface area (Å²) in [7, 11) is 0. The van der Waals surface area contributed by atoms with Crippen molar-refractivity contribution in [3.63, 3.8) is 0 Å². The topological polar surface area (TPSA) is 32.3 Å². The first-order valence-electron chi connectivity index (χ1n) is 9.19. The van der Waals surface area contributed by atoms with Crippen LogP contribution in [0.1, 0.15) is 71.6 Å². The Morgan fingerprint density at radius 3 is 2.29 bits per heavy atom. The molecule has 1 unspecified atom stereocenters. The van der Waals surface area contributed by atoms with Gasteiger partial charge in [-0.1, -0.05) is 46.0 Å². The average Bonchev–Trinajstić information content (AvgIpc) is 2.89. The molecule has 1 saturated heterocycles. The van der Waals surface area contributed by atoms with Crippen LogP contribution in [0.4, 0.5) is 0 Å². The Kier molecular flexibility index (Phi) is 7.01. The van der Waals surface area contributed by atoms with E-state index in [9.17, 15) is 4.79 Å². The molecule has 1 aliphatic heterocycles. The molecule has 0 bridgehead atoms. The van der Waals surface area contributed by atoms with Gasteiger partial charge in [-0.25, -0.2) is 0 Å². The van der Waals surface area contributed by atoms with Crippen LogP contribution in [0.15, 0.2) is 0 Å². The van der Waals surface area contributed by atoms with E-state index >= 15 is 0 Å². The smallest absolute Gasteiger partial charge is 0.225 e. The molecular weight excluding hydrogens is 260 g/mol. The predicted molar refractivity (Wildman–Crippen MR) is 88.3 cm³/mol. The van der Waals surface area contributed by atoms with Gasteiger partial charge in [-0.3, -0.25) is 4.79 Å². The minimum Gasteiger partial charge on any atom is -0.341 e. The Labute approximate surface area is 130 Å². The lowest BCUT2D eigenvalue weighted by Crippen LogP contribution is -2.45. The number of amides is 1. The Bertz CT molecular complexity index is 302. The van der Waals surface area contributed by atoms with Crippen molar-refractivity contribution in [2.45, 2.75) is 77.7 Å². The van der Waals surface area contributed by atoms with Gasteiger partial charge in [0.05, 0.1) is 0 Å². The number of carbonyl (C=O) groups excluding carboxylic acids is 1. The largest absolute Gasteiger partial charge is 0.341 e. The van der Waals surface area contributed by atoms with E-state index in [0.717, 1.165) is 32.5 Å². The molecule has 0 aromatic rings. The zero-order valence-electron chi connectivity index (χ0n) is 14.1. The second-order valence-corrected chi connectivity index (χ2v) is 7.47. The van der Waals surface area contributed by atoms with Crippen molar-refractivity contribution in [2.75, 3.05) is 19.6 Å². The Morgan fingerprint density at radius 2 is 1.71 bits per heavy atom. The second-order valence-electron chi connectivity index (χ2n) is 7.47. The molecule has 1 N–H and O–H groups in total. The van der Waals surface area contributed by atoms with Crippen molar-refractivity contribution in [1.82, 2.24) is 10.2 Å². The molecule has 1 heterocycles. The molecule has 1 saturated carbocycles. The summed E-state index contributed by atoms with van der Waals surface area (Å²) < 4.78 is 0. The van der Waals surface area contributed by atoms with E-state index in [0.29, 0.717) is 23.8 Å². The van der Waals surface area contributed by atoms with Crippen molar-refractivity contribution in [1.29, 1.82) is 0 Å². The third kappa shape index (κ3) is 5.61. The molecule has 1 atom stereocenters. The summed E-state index contributed by atoms with van der Waals surface area (Å²) in [4.78, 5) is 15.2. The third-order valence-electron chi connectivity index (χ3n) is 4.95. The van der Waals surface area contributed by atoms with E-state index in [2.05, 4.69) is 24.1 Å². The first kappa shape index (κ1) is 16.8. The molecule has 2 rings (SSSR count). The van der Waals surface area contributed by atoms with E-state index < -0.39 is 0 Å². The Morgan fingerprint density at radius 1 is 1.05 bits per heavy atom. The first-order valence-corrected chi connectivity index (χ1v) is 9.19. The minimum absolute atomic E-state index is 0.297. The van der Waals surface area contributed by atoms with E-state index in [-0.39, 0.29) is 0 Å². The molecule has 2 fully saturated rings. The van der Waals surface area contributed by atoms with Gasteiger partial charge in [0.2, 0.25) is 5.91 Å². The molecule has 21 heavy (non-hydrogen) atoms. The number of carbonyl (C=O) groups is 1. The average molecular weight is 294 g/mol. The molecule has 0 spiro atoms. The number of rotatable bonds is 5. The summed E-state index contributed by atoms with van der Waals surface area (Å²) in [5.74, 6) is 1.30. The van der Waals surface area contributed by atoms with Gasteiger partial charge in [-0.15, -0.1) is 0 Å².